The molecule has 1 atom stereocenters. The lowest BCUT2D eigenvalue weighted by Crippen LogP contribution is -2.44. The summed E-state index contributed by atoms with van der Waals surface area (Å²) in [6.45, 7) is 2.75. The minimum absolute atomic E-state index is 0.0117. The number of carbonyl (C=O) groups excluding carboxylic acids is 3. The average molecular weight is 375 g/mol. The van der Waals surface area contributed by atoms with Gasteiger partial charge in [-0.25, -0.2) is 4.79 Å². The van der Waals surface area contributed by atoms with Gasteiger partial charge in [0.25, 0.3) is 0 Å². The van der Waals surface area contributed by atoms with Gasteiger partial charge in [-0.2, -0.15) is 0 Å². The number of piperidine rings is 1. The molecule has 8 heteroatoms. The molecule has 0 aromatic heterocycles. The minimum atomic E-state index is -0.276. The second-order valence-electron chi connectivity index (χ2n) is 6.80. The number of nitrogens with two attached hydrogens (primary N) is 1. The quantitative estimate of drug-likeness (QED) is 0.535. The molecule has 0 spiro atoms. The van der Waals surface area contributed by atoms with E-state index in [4.69, 9.17) is 5.73 Å². The van der Waals surface area contributed by atoms with Crippen LogP contribution in [0.5, 0.6) is 0 Å². The van der Waals surface area contributed by atoms with Crippen LogP contribution in [0.3, 0.4) is 0 Å². The van der Waals surface area contributed by atoms with E-state index in [0.29, 0.717) is 38.2 Å². The minimum Gasteiger partial charge on any atom is -0.369 e. The van der Waals surface area contributed by atoms with E-state index < -0.39 is 0 Å². The van der Waals surface area contributed by atoms with E-state index in [0.717, 1.165) is 24.9 Å². The van der Waals surface area contributed by atoms with Crippen LogP contribution in [0.2, 0.25) is 0 Å². The smallest absolute Gasteiger partial charge is 0.319 e. The SMILES string of the molecule is CNC(=O)CCc1cccc(NC(=O)NCCN2CCC[C@@H](C(N)=O)C2)c1. The molecule has 1 saturated heterocycles. The Morgan fingerprint density at radius 3 is 2.85 bits per heavy atom. The van der Waals surface area contributed by atoms with E-state index in [1.165, 1.54) is 0 Å². The standard InChI is InChI=1S/C19H29N5O3/c1-21-17(25)8-7-14-4-2-6-16(12-14)23-19(27)22-9-11-24-10-3-5-15(13-24)18(20)26/h2,4,6,12,15H,3,5,7-11,13H2,1H3,(H2,20,26)(H,21,25)(H2,22,23,27)/t15-/m1/s1. The molecule has 1 aromatic carbocycles. The number of carbonyl (C=O) groups is 3. The number of aryl methyl sites for hydroxylation is 1. The Hall–Kier alpha value is -2.61. The number of hydrogen-bond donors (Lipinski definition) is 4. The fraction of sp³-hybridized carbons (Fsp3) is 0.526. The lowest BCUT2D eigenvalue weighted by Gasteiger charge is -2.31. The summed E-state index contributed by atoms with van der Waals surface area (Å²) in [5.41, 5.74) is 7.06. The number of nitrogens with zero attached hydrogens (tertiary/aromatic N) is 1. The third-order valence-electron chi connectivity index (χ3n) is 4.73. The summed E-state index contributed by atoms with van der Waals surface area (Å²) in [5.74, 6) is -0.353. The van der Waals surface area contributed by atoms with Gasteiger partial charge in [0.05, 0.1) is 5.92 Å². The van der Waals surface area contributed by atoms with Crippen molar-refractivity contribution in [1.82, 2.24) is 15.5 Å². The Labute approximate surface area is 159 Å². The summed E-state index contributed by atoms with van der Waals surface area (Å²) in [5, 5.41) is 8.23. The van der Waals surface area contributed by atoms with Crippen molar-refractivity contribution >= 4 is 23.5 Å². The molecule has 1 fully saturated rings. The monoisotopic (exact) mass is 375 g/mol. The van der Waals surface area contributed by atoms with E-state index in [9.17, 15) is 14.4 Å². The lowest BCUT2D eigenvalue weighted by atomic mass is 9.97. The van der Waals surface area contributed by atoms with Crippen molar-refractivity contribution in [2.24, 2.45) is 11.7 Å². The highest BCUT2D eigenvalue weighted by molar-refractivity contribution is 5.89. The molecule has 1 aliphatic heterocycles. The average Bonchev–Trinajstić information content (AvgIpc) is 2.66. The molecule has 1 aliphatic rings. The van der Waals surface area contributed by atoms with E-state index in [1.54, 1.807) is 7.05 Å². The second-order valence-corrected chi connectivity index (χ2v) is 6.80. The summed E-state index contributed by atoms with van der Waals surface area (Å²) in [6.07, 6.45) is 2.82. The van der Waals surface area contributed by atoms with Gasteiger partial charge in [-0.1, -0.05) is 12.1 Å². The Morgan fingerprint density at radius 1 is 1.30 bits per heavy atom. The fourth-order valence-corrected chi connectivity index (χ4v) is 3.18. The molecule has 0 unspecified atom stereocenters. The van der Waals surface area contributed by atoms with Crippen LogP contribution in [-0.4, -0.2) is 56.0 Å². The molecular formula is C19H29N5O3. The first kappa shape index (κ1) is 20.7. The highest BCUT2D eigenvalue weighted by Crippen LogP contribution is 2.15. The number of primary amides is 1. The van der Waals surface area contributed by atoms with Crippen molar-refractivity contribution in [3.05, 3.63) is 29.8 Å². The van der Waals surface area contributed by atoms with Gasteiger partial charge >= 0.3 is 6.03 Å². The third kappa shape index (κ3) is 7.26. The maximum atomic E-state index is 12.1. The first-order valence-corrected chi connectivity index (χ1v) is 9.34. The number of urea groups is 1. The molecule has 8 nitrogen and oxygen atoms in total. The molecule has 2 rings (SSSR count). The maximum absolute atomic E-state index is 12.1. The number of amides is 4. The molecule has 1 heterocycles. The zero-order valence-electron chi connectivity index (χ0n) is 15.8. The molecule has 5 N–H and O–H groups in total. The van der Waals surface area contributed by atoms with E-state index in [1.807, 2.05) is 24.3 Å². The van der Waals surface area contributed by atoms with Crippen LogP contribution < -0.4 is 21.7 Å². The Bertz CT molecular complexity index is 665. The molecule has 0 aliphatic carbocycles. The third-order valence-corrected chi connectivity index (χ3v) is 4.73. The first-order valence-electron chi connectivity index (χ1n) is 9.34. The second kappa shape index (κ2) is 10.5. The number of benzene rings is 1. The molecule has 0 saturated carbocycles. The number of nitrogens with one attached hydrogen (secondary N) is 3. The van der Waals surface area contributed by atoms with Crippen molar-refractivity contribution < 1.29 is 14.4 Å². The van der Waals surface area contributed by atoms with Crippen molar-refractivity contribution in [3.8, 4) is 0 Å². The van der Waals surface area contributed by atoms with Crippen LogP contribution >= 0.6 is 0 Å². The summed E-state index contributed by atoms with van der Waals surface area (Å²) >= 11 is 0. The number of likely N-dealkylation sites (tertiary alicyclic amines) is 1. The maximum Gasteiger partial charge on any atom is 0.319 e. The van der Waals surface area contributed by atoms with E-state index in [-0.39, 0.29) is 23.8 Å². The van der Waals surface area contributed by atoms with Crippen molar-refractivity contribution in [2.45, 2.75) is 25.7 Å². The van der Waals surface area contributed by atoms with Gasteiger partial charge in [0.1, 0.15) is 0 Å². The first-order chi connectivity index (χ1) is 13.0. The van der Waals surface area contributed by atoms with Gasteiger partial charge in [0.2, 0.25) is 11.8 Å². The van der Waals surface area contributed by atoms with Crippen LogP contribution in [0.1, 0.15) is 24.8 Å². The topological polar surface area (TPSA) is 117 Å². The van der Waals surface area contributed by atoms with Crippen LogP contribution in [-0.2, 0) is 16.0 Å². The molecule has 4 amide bonds. The van der Waals surface area contributed by atoms with Crippen LogP contribution in [0.15, 0.2) is 24.3 Å². The van der Waals surface area contributed by atoms with Gasteiger partial charge in [0, 0.05) is 38.8 Å². The summed E-state index contributed by atoms with van der Waals surface area (Å²) in [7, 11) is 1.61. The predicted molar refractivity (Wildman–Crippen MR) is 104 cm³/mol. The van der Waals surface area contributed by atoms with E-state index >= 15 is 0 Å². The Balaban J connectivity index is 1.72. The van der Waals surface area contributed by atoms with Crippen molar-refractivity contribution in [3.63, 3.8) is 0 Å². The molecule has 27 heavy (non-hydrogen) atoms. The highest BCUT2D eigenvalue weighted by atomic mass is 16.2. The summed E-state index contributed by atoms with van der Waals surface area (Å²) in [4.78, 5) is 36.9. The lowest BCUT2D eigenvalue weighted by molar-refractivity contribution is -0.123. The summed E-state index contributed by atoms with van der Waals surface area (Å²) < 4.78 is 0. The van der Waals surface area contributed by atoms with Crippen LogP contribution in [0, 0.1) is 5.92 Å². The zero-order valence-corrected chi connectivity index (χ0v) is 15.8. The van der Waals surface area contributed by atoms with Gasteiger partial charge in [-0.15, -0.1) is 0 Å². The molecular weight excluding hydrogens is 346 g/mol. The summed E-state index contributed by atoms with van der Waals surface area (Å²) in [6, 6.07) is 7.18. The number of anilines is 1. The fourth-order valence-electron chi connectivity index (χ4n) is 3.18. The Morgan fingerprint density at radius 2 is 2.11 bits per heavy atom. The van der Waals surface area contributed by atoms with Gasteiger partial charge in [-0.05, 0) is 43.5 Å². The largest absolute Gasteiger partial charge is 0.369 e. The van der Waals surface area contributed by atoms with E-state index in [2.05, 4.69) is 20.9 Å². The number of rotatable bonds is 8. The number of hydrogen-bond acceptors (Lipinski definition) is 4. The van der Waals surface area contributed by atoms with Crippen LogP contribution in [0.25, 0.3) is 0 Å². The van der Waals surface area contributed by atoms with Crippen molar-refractivity contribution in [2.75, 3.05) is 38.5 Å². The molecule has 148 valence electrons. The molecule has 1 aromatic rings. The zero-order chi connectivity index (χ0) is 19.6. The van der Waals surface area contributed by atoms with Gasteiger partial charge < -0.3 is 26.6 Å². The van der Waals surface area contributed by atoms with Crippen LogP contribution in [0.4, 0.5) is 10.5 Å². The van der Waals surface area contributed by atoms with Gasteiger partial charge in [0.15, 0.2) is 0 Å². The van der Waals surface area contributed by atoms with Crippen molar-refractivity contribution in [1.29, 1.82) is 0 Å². The highest BCUT2D eigenvalue weighted by Gasteiger charge is 2.23. The Kier molecular flexibility index (Phi) is 8.06. The van der Waals surface area contributed by atoms with Gasteiger partial charge in [-0.3, -0.25) is 9.59 Å². The predicted octanol–water partition coefficient (Wildman–Crippen LogP) is 0.684. The molecule has 0 radical (unpaired) electrons. The normalized spacial score (nSPS) is 17.1. The molecule has 0 bridgehead atoms.